The number of rotatable bonds is 3. The smallest absolute Gasteiger partial charge is 0.0239 e. The molecule has 0 aromatic heterocycles. The van der Waals surface area contributed by atoms with Gasteiger partial charge < -0.3 is 5.73 Å². The SMILES string of the molecule is Cl.NCC1CCN(Cc2cccc3ccccc23)CC1. The lowest BCUT2D eigenvalue weighted by Crippen LogP contribution is -2.35. The maximum absolute atomic E-state index is 5.76. The maximum atomic E-state index is 5.76. The van der Waals surface area contributed by atoms with E-state index in [1.54, 1.807) is 0 Å². The number of piperidine rings is 1. The molecule has 0 amide bonds. The van der Waals surface area contributed by atoms with Crippen molar-refractivity contribution in [1.29, 1.82) is 0 Å². The van der Waals surface area contributed by atoms with Crippen LogP contribution in [0.4, 0.5) is 0 Å². The second-order valence-corrected chi connectivity index (χ2v) is 5.59. The van der Waals surface area contributed by atoms with Gasteiger partial charge in [-0.15, -0.1) is 12.4 Å². The van der Waals surface area contributed by atoms with Crippen LogP contribution < -0.4 is 5.73 Å². The number of fused-ring (bicyclic) bond motifs is 1. The van der Waals surface area contributed by atoms with Gasteiger partial charge in [0, 0.05) is 6.54 Å². The fraction of sp³-hybridized carbons (Fsp3) is 0.412. The van der Waals surface area contributed by atoms with Crippen molar-refractivity contribution in [2.45, 2.75) is 19.4 Å². The van der Waals surface area contributed by atoms with Crippen molar-refractivity contribution in [3.05, 3.63) is 48.0 Å². The lowest BCUT2D eigenvalue weighted by atomic mass is 9.96. The van der Waals surface area contributed by atoms with E-state index in [1.807, 2.05) is 0 Å². The standard InChI is InChI=1S/C17H22N2.ClH/c18-12-14-8-10-19(11-9-14)13-16-6-3-5-15-4-1-2-7-17(15)16;/h1-7,14H,8-13,18H2;1H. The number of likely N-dealkylation sites (tertiary alicyclic amines) is 1. The molecule has 20 heavy (non-hydrogen) atoms. The summed E-state index contributed by atoms with van der Waals surface area (Å²) in [7, 11) is 0. The third-order valence-corrected chi connectivity index (χ3v) is 4.31. The first-order chi connectivity index (χ1) is 9.36. The van der Waals surface area contributed by atoms with Crippen LogP contribution in [0, 0.1) is 5.92 Å². The van der Waals surface area contributed by atoms with Crippen molar-refractivity contribution in [3.8, 4) is 0 Å². The highest BCUT2D eigenvalue weighted by molar-refractivity contribution is 5.85. The highest BCUT2D eigenvalue weighted by atomic mass is 35.5. The number of hydrogen-bond donors (Lipinski definition) is 1. The topological polar surface area (TPSA) is 29.3 Å². The van der Waals surface area contributed by atoms with Crippen molar-refractivity contribution < 1.29 is 0 Å². The number of hydrogen-bond acceptors (Lipinski definition) is 2. The lowest BCUT2D eigenvalue weighted by molar-refractivity contribution is 0.181. The minimum atomic E-state index is 0. The highest BCUT2D eigenvalue weighted by Crippen LogP contribution is 2.22. The van der Waals surface area contributed by atoms with Crippen LogP contribution in [0.3, 0.4) is 0 Å². The molecule has 1 heterocycles. The van der Waals surface area contributed by atoms with E-state index in [9.17, 15) is 0 Å². The largest absolute Gasteiger partial charge is 0.330 e. The van der Waals surface area contributed by atoms with E-state index in [4.69, 9.17) is 5.73 Å². The molecule has 0 radical (unpaired) electrons. The average Bonchev–Trinajstić information content (AvgIpc) is 2.48. The van der Waals surface area contributed by atoms with Gasteiger partial charge in [0.25, 0.3) is 0 Å². The van der Waals surface area contributed by atoms with E-state index < -0.39 is 0 Å². The Kier molecular flexibility index (Phi) is 5.41. The molecule has 1 aliphatic heterocycles. The van der Waals surface area contributed by atoms with Crippen LogP contribution >= 0.6 is 12.4 Å². The molecule has 2 aromatic carbocycles. The Morgan fingerprint density at radius 1 is 1.00 bits per heavy atom. The van der Waals surface area contributed by atoms with Crippen LogP contribution in [0.15, 0.2) is 42.5 Å². The van der Waals surface area contributed by atoms with E-state index >= 15 is 0 Å². The summed E-state index contributed by atoms with van der Waals surface area (Å²) in [5, 5.41) is 2.74. The third kappa shape index (κ3) is 3.32. The van der Waals surface area contributed by atoms with Crippen molar-refractivity contribution in [1.82, 2.24) is 4.90 Å². The monoisotopic (exact) mass is 290 g/mol. The molecule has 0 unspecified atom stereocenters. The van der Waals surface area contributed by atoms with E-state index in [1.165, 1.54) is 42.3 Å². The molecular formula is C17H23ClN2. The average molecular weight is 291 g/mol. The number of nitrogens with zero attached hydrogens (tertiary/aromatic N) is 1. The first kappa shape index (κ1) is 15.3. The van der Waals surface area contributed by atoms with Gasteiger partial charge >= 0.3 is 0 Å². The molecule has 0 saturated carbocycles. The molecule has 1 saturated heterocycles. The van der Waals surface area contributed by atoms with E-state index in [0.29, 0.717) is 0 Å². The molecule has 3 heteroatoms. The lowest BCUT2D eigenvalue weighted by Gasteiger charge is -2.31. The van der Waals surface area contributed by atoms with E-state index in [0.717, 1.165) is 19.0 Å². The van der Waals surface area contributed by atoms with Crippen LogP contribution in [0.2, 0.25) is 0 Å². The van der Waals surface area contributed by atoms with Gasteiger partial charge in [-0.25, -0.2) is 0 Å². The Morgan fingerprint density at radius 3 is 2.45 bits per heavy atom. The summed E-state index contributed by atoms with van der Waals surface area (Å²) >= 11 is 0. The Hall–Kier alpha value is -1.09. The third-order valence-electron chi connectivity index (χ3n) is 4.31. The van der Waals surface area contributed by atoms with Crippen molar-refractivity contribution in [2.75, 3.05) is 19.6 Å². The first-order valence-corrected chi connectivity index (χ1v) is 7.26. The molecule has 0 spiro atoms. The summed E-state index contributed by atoms with van der Waals surface area (Å²) in [6, 6.07) is 15.3. The highest BCUT2D eigenvalue weighted by Gasteiger charge is 2.18. The predicted octanol–water partition coefficient (Wildman–Crippen LogP) is 3.43. The molecule has 108 valence electrons. The van der Waals surface area contributed by atoms with Gasteiger partial charge in [0.15, 0.2) is 0 Å². The molecular weight excluding hydrogens is 268 g/mol. The predicted molar refractivity (Wildman–Crippen MR) is 88.3 cm³/mol. The summed E-state index contributed by atoms with van der Waals surface area (Å²) < 4.78 is 0. The fourth-order valence-electron chi connectivity index (χ4n) is 3.05. The summed E-state index contributed by atoms with van der Waals surface area (Å²) in [5.41, 5.74) is 7.21. The summed E-state index contributed by atoms with van der Waals surface area (Å²) in [6.45, 7) is 4.29. The molecule has 2 N–H and O–H groups in total. The Labute approximate surface area is 127 Å². The Morgan fingerprint density at radius 2 is 1.70 bits per heavy atom. The summed E-state index contributed by atoms with van der Waals surface area (Å²) in [6.07, 6.45) is 2.50. The first-order valence-electron chi connectivity index (χ1n) is 7.26. The molecule has 3 rings (SSSR count). The van der Waals surface area contributed by atoms with E-state index in [-0.39, 0.29) is 12.4 Å². The van der Waals surface area contributed by atoms with Gasteiger partial charge in [-0.2, -0.15) is 0 Å². The number of benzene rings is 2. The molecule has 2 nitrogen and oxygen atoms in total. The van der Waals surface area contributed by atoms with Gasteiger partial charge in [-0.3, -0.25) is 4.90 Å². The van der Waals surface area contributed by atoms with Gasteiger partial charge in [-0.05, 0) is 54.7 Å². The Balaban J connectivity index is 0.00000147. The quantitative estimate of drug-likeness (QED) is 0.938. The number of nitrogens with two attached hydrogens (primary N) is 1. The van der Waals surface area contributed by atoms with Gasteiger partial charge in [0.1, 0.15) is 0 Å². The van der Waals surface area contributed by atoms with Crippen LogP contribution in [0.5, 0.6) is 0 Å². The molecule has 1 fully saturated rings. The van der Waals surface area contributed by atoms with Crippen LogP contribution in [0.25, 0.3) is 10.8 Å². The fourth-order valence-corrected chi connectivity index (χ4v) is 3.05. The second-order valence-electron chi connectivity index (χ2n) is 5.59. The van der Waals surface area contributed by atoms with Gasteiger partial charge in [-0.1, -0.05) is 42.5 Å². The van der Waals surface area contributed by atoms with Crippen molar-refractivity contribution >= 4 is 23.2 Å². The summed E-state index contributed by atoms with van der Waals surface area (Å²) in [5.74, 6) is 0.740. The normalized spacial score (nSPS) is 17.1. The van der Waals surface area contributed by atoms with Gasteiger partial charge in [0.05, 0.1) is 0 Å². The minimum Gasteiger partial charge on any atom is -0.330 e. The van der Waals surface area contributed by atoms with Gasteiger partial charge in [0.2, 0.25) is 0 Å². The molecule has 0 bridgehead atoms. The van der Waals surface area contributed by atoms with Crippen LogP contribution in [-0.2, 0) is 6.54 Å². The molecule has 0 aliphatic carbocycles. The zero-order valence-electron chi connectivity index (χ0n) is 11.8. The van der Waals surface area contributed by atoms with Crippen molar-refractivity contribution in [3.63, 3.8) is 0 Å². The van der Waals surface area contributed by atoms with Crippen molar-refractivity contribution in [2.24, 2.45) is 11.7 Å². The van der Waals surface area contributed by atoms with E-state index in [2.05, 4.69) is 47.4 Å². The Bertz CT molecular complexity index is 542. The maximum Gasteiger partial charge on any atom is 0.0239 e. The van der Waals surface area contributed by atoms with Crippen LogP contribution in [0.1, 0.15) is 18.4 Å². The van der Waals surface area contributed by atoms with Crippen LogP contribution in [-0.4, -0.2) is 24.5 Å². The second kappa shape index (κ2) is 7.07. The molecule has 2 aromatic rings. The summed E-state index contributed by atoms with van der Waals surface area (Å²) in [4.78, 5) is 2.56. The molecule has 1 aliphatic rings. The zero-order chi connectivity index (χ0) is 13.1. The molecule has 0 atom stereocenters. The number of halogens is 1. The zero-order valence-corrected chi connectivity index (χ0v) is 12.6. The minimum absolute atomic E-state index is 0.